The lowest BCUT2D eigenvalue weighted by Crippen LogP contribution is -2.35. The van der Waals surface area contributed by atoms with Gasteiger partial charge in [-0.2, -0.15) is 0 Å². The predicted octanol–water partition coefficient (Wildman–Crippen LogP) is 4.44. The van der Waals surface area contributed by atoms with Gasteiger partial charge in [-0.15, -0.1) is 11.3 Å². The highest BCUT2D eigenvalue weighted by molar-refractivity contribution is 7.18. The van der Waals surface area contributed by atoms with Crippen LogP contribution in [0.1, 0.15) is 42.7 Å². The number of para-hydroxylation sites is 1. The molecule has 6 nitrogen and oxygen atoms in total. The van der Waals surface area contributed by atoms with Crippen LogP contribution in [0.4, 0.5) is 0 Å². The topological polar surface area (TPSA) is 71.9 Å². The van der Waals surface area contributed by atoms with E-state index in [2.05, 4.69) is 53.5 Å². The number of ether oxygens (including phenoxy) is 1. The number of hydrogen-bond donors (Lipinski definition) is 2. The third kappa shape index (κ3) is 4.76. The molecule has 2 N–H and O–H groups in total. The van der Waals surface area contributed by atoms with E-state index in [4.69, 9.17) is 4.74 Å². The molecule has 0 radical (unpaired) electrons. The summed E-state index contributed by atoms with van der Waals surface area (Å²) in [6.07, 6.45) is 8.89. The molecule has 3 aromatic heterocycles. The summed E-state index contributed by atoms with van der Waals surface area (Å²) in [6, 6.07) is 8.76. The second kappa shape index (κ2) is 9.79. The van der Waals surface area contributed by atoms with E-state index in [1.807, 2.05) is 6.07 Å². The second-order valence-electron chi connectivity index (χ2n) is 9.20. The summed E-state index contributed by atoms with van der Waals surface area (Å²) in [4.78, 5) is 23.6. The van der Waals surface area contributed by atoms with Crippen LogP contribution in [0, 0.1) is 0 Å². The summed E-state index contributed by atoms with van der Waals surface area (Å²) in [6.45, 7) is 6.55. The lowest BCUT2D eigenvalue weighted by molar-refractivity contribution is 0.0766. The van der Waals surface area contributed by atoms with Gasteiger partial charge in [-0.3, -0.25) is 9.36 Å². The fourth-order valence-corrected chi connectivity index (χ4v) is 6.07. The molecule has 33 heavy (non-hydrogen) atoms. The van der Waals surface area contributed by atoms with Crippen LogP contribution < -0.4 is 10.9 Å². The highest BCUT2D eigenvalue weighted by Crippen LogP contribution is 2.33. The van der Waals surface area contributed by atoms with E-state index < -0.39 is 0 Å². The van der Waals surface area contributed by atoms with Crippen LogP contribution in [0.5, 0.6) is 0 Å². The van der Waals surface area contributed by atoms with Crippen molar-refractivity contribution in [3.8, 4) is 0 Å². The minimum absolute atomic E-state index is 0.106. The third-order valence-electron chi connectivity index (χ3n) is 6.54. The van der Waals surface area contributed by atoms with Crippen LogP contribution in [-0.2, 0) is 30.5 Å². The average molecular weight is 465 g/mol. The van der Waals surface area contributed by atoms with Crippen molar-refractivity contribution in [2.45, 2.75) is 64.6 Å². The molecule has 174 valence electrons. The van der Waals surface area contributed by atoms with Gasteiger partial charge in [-0.1, -0.05) is 18.2 Å². The van der Waals surface area contributed by atoms with Crippen molar-refractivity contribution in [3.63, 3.8) is 0 Å². The van der Waals surface area contributed by atoms with Crippen LogP contribution in [0.25, 0.3) is 21.1 Å². The molecule has 0 bridgehead atoms. The van der Waals surface area contributed by atoms with E-state index in [0.717, 1.165) is 61.0 Å². The number of hydrogen-bond acceptors (Lipinski definition) is 5. The largest absolute Gasteiger partial charge is 0.379 e. The van der Waals surface area contributed by atoms with Gasteiger partial charge in [0.05, 0.1) is 17.8 Å². The van der Waals surface area contributed by atoms with Gasteiger partial charge in [0.15, 0.2) is 0 Å². The molecule has 7 heteroatoms. The summed E-state index contributed by atoms with van der Waals surface area (Å²) in [5, 5.41) is 5.75. The Morgan fingerprint density at radius 2 is 2.21 bits per heavy atom. The third-order valence-corrected chi connectivity index (χ3v) is 7.70. The van der Waals surface area contributed by atoms with Crippen molar-refractivity contribution < 1.29 is 4.74 Å². The number of H-pyrrole nitrogens is 1. The van der Waals surface area contributed by atoms with E-state index in [1.165, 1.54) is 21.4 Å². The first-order valence-electron chi connectivity index (χ1n) is 12.0. The fourth-order valence-electron chi connectivity index (χ4n) is 4.81. The van der Waals surface area contributed by atoms with E-state index in [-0.39, 0.29) is 5.56 Å². The molecule has 3 heterocycles. The maximum atomic E-state index is 13.4. The van der Waals surface area contributed by atoms with Crippen LogP contribution in [0.15, 0.2) is 41.6 Å². The summed E-state index contributed by atoms with van der Waals surface area (Å²) in [5.74, 6) is 0. The van der Waals surface area contributed by atoms with E-state index in [1.54, 1.807) is 22.2 Å². The van der Waals surface area contributed by atoms with Crippen molar-refractivity contribution in [2.24, 2.45) is 0 Å². The quantitative estimate of drug-likeness (QED) is 0.359. The van der Waals surface area contributed by atoms with Crippen molar-refractivity contribution in [3.05, 3.63) is 63.1 Å². The number of thiophene rings is 1. The molecule has 0 fully saturated rings. The van der Waals surface area contributed by atoms with Gasteiger partial charge in [0.25, 0.3) is 5.56 Å². The Hall–Kier alpha value is -2.48. The standard InChI is InChI=1S/C26H32N4O2S/c1-17(2)32-13-5-11-27-19-8-9-21-23(14-19)33-25-24(21)26(31)30(16-29-25)12-10-18-15-28-22-7-4-3-6-20(18)22/h3-4,6-7,15-17,19,27-28H,5,8-14H2,1-2H3. The zero-order chi connectivity index (χ0) is 22.8. The van der Waals surface area contributed by atoms with Gasteiger partial charge in [0.1, 0.15) is 4.83 Å². The highest BCUT2D eigenvalue weighted by Gasteiger charge is 2.25. The molecule has 0 amide bonds. The van der Waals surface area contributed by atoms with Crippen molar-refractivity contribution in [2.75, 3.05) is 13.2 Å². The van der Waals surface area contributed by atoms with Gasteiger partial charge < -0.3 is 15.0 Å². The van der Waals surface area contributed by atoms with Crippen molar-refractivity contribution >= 4 is 32.5 Å². The molecular formula is C26H32N4O2S. The number of benzene rings is 1. The molecule has 4 aromatic rings. The van der Waals surface area contributed by atoms with Crippen LogP contribution in [0.2, 0.25) is 0 Å². The Kier molecular flexibility index (Phi) is 6.62. The van der Waals surface area contributed by atoms with Gasteiger partial charge in [0.2, 0.25) is 0 Å². The monoisotopic (exact) mass is 464 g/mol. The zero-order valence-electron chi connectivity index (χ0n) is 19.4. The number of aromatic nitrogens is 3. The number of rotatable bonds is 9. The molecule has 1 aromatic carbocycles. The van der Waals surface area contributed by atoms with Crippen LogP contribution >= 0.6 is 11.3 Å². The first-order valence-corrected chi connectivity index (χ1v) is 12.8. The highest BCUT2D eigenvalue weighted by atomic mass is 32.1. The molecule has 5 rings (SSSR count). The first-order chi connectivity index (χ1) is 16.1. The molecule has 1 atom stereocenters. The average Bonchev–Trinajstić information content (AvgIpc) is 3.39. The minimum Gasteiger partial charge on any atom is -0.379 e. The van der Waals surface area contributed by atoms with Gasteiger partial charge in [-0.05, 0) is 69.7 Å². The summed E-state index contributed by atoms with van der Waals surface area (Å²) < 4.78 is 7.42. The fraction of sp³-hybridized carbons (Fsp3) is 0.462. The van der Waals surface area contributed by atoms with Gasteiger partial charge >= 0.3 is 0 Å². The Labute approximate surface area is 198 Å². The summed E-state index contributed by atoms with van der Waals surface area (Å²) >= 11 is 1.70. The lowest BCUT2D eigenvalue weighted by Gasteiger charge is -2.23. The molecule has 1 aliphatic rings. The normalized spacial score (nSPS) is 16.2. The number of nitrogens with one attached hydrogen (secondary N) is 2. The Morgan fingerprint density at radius 1 is 1.33 bits per heavy atom. The number of nitrogens with zero attached hydrogens (tertiary/aromatic N) is 2. The van der Waals surface area contributed by atoms with Crippen LogP contribution in [-0.4, -0.2) is 39.8 Å². The first kappa shape index (κ1) is 22.3. The van der Waals surface area contributed by atoms with E-state index in [9.17, 15) is 4.79 Å². The SMILES string of the molecule is CC(C)OCCCNC1CCc2c(sc3ncn(CCc4c[nH]c5ccccc45)c(=O)c23)C1. The van der Waals surface area contributed by atoms with E-state index >= 15 is 0 Å². The molecule has 1 aliphatic carbocycles. The summed E-state index contributed by atoms with van der Waals surface area (Å²) in [5.41, 5.74) is 3.71. The molecular weight excluding hydrogens is 432 g/mol. The molecule has 0 spiro atoms. The minimum atomic E-state index is 0.106. The smallest absolute Gasteiger partial charge is 0.262 e. The zero-order valence-corrected chi connectivity index (χ0v) is 20.2. The molecule has 0 saturated carbocycles. The molecule has 1 unspecified atom stereocenters. The molecule has 0 aliphatic heterocycles. The lowest BCUT2D eigenvalue weighted by atomic mass is 9.93. The second-order valence-corrected chi connectivity index (χ2v) is 10.3. The Balaban J connectivity index is 1.27. The Bertz CT molecular complexity index is 1300. The summed E-state index contributed by atoms with van der Waals surface area (Å²) in [7, 11) is 0. The number of aryl methyl sites for hydroxylation is 3. The van der Waals surface area contributed by atoms with Gasteiger partial charge in [0, 0.05) is 41.2 Å². The van der Waals surface area contributed by atoms with Gasteiger partial charge in [-0.25, -0.2) is 4.98 Å². The Morgan fingerprint density at radius 3 is 3.09 bits per heavy atom. The number of aromatic amines is 1. The van der Waals surface area contributed by atoms with Crippen molar-refractivity contribution in [1.82, 2.24) is 19.9 Å². The van der Waals surface area contributed by atoms with Crippen LogP contribution in [0.3, 0.4) is 0 Å². The maximum absolute atomic E-state index is 13.4. The molecule has 0 saturated heterocycles. The van der Waals surface area contributed by atoms with E-state index in [0.29, 0.717) is 18.7 Å². The van der Waals surface area contributed by atoms with Crippen molar-refractivity contribution in [1.29, 1.82) is 0 Å². The predicted molar refractivity (Wildman–Crippen MR) is 135 cm³/mol. The number of fused-ring (bicyclic) bond motifs is 4. The maximum Gasteiger partial charge on any atom is 0.262 e.